The van der Waals surface area contributed by atoms with Gasteiger partial charge in [0.2, 0.25) is 0 Å². The molecule has 0 spiro atoms. The Labute approximate surface area is 333 Å². The van der Waals surface area contributed by atoms with Crippen molar-refractivity contribution in [3.63, 3.8) is 0 Å². The summed E-state index contributed by atoms with van der Waals surface area (Å²) in [6, 6.07) is 75.6. The Bertz CT molecular complexity index is 3560. The summed E-state index contributed by atoms with van der Waals surface area (Å²) >= 11 is 0. The Morgan fingerprint density at radius 1 is 0.172 bits per heavy atom. The van der Waals surface area contributed by atoms with Crippen LogP contribution < -0.4 is 0 Å². The average Bonchev–Trinajstić information content (AvgIpc) is 4.01. The Morgan fingerprint density at radius 2 is 0.431 bits per heavy atom. The molecule has 0 unspecified atom stereocenters. The van der Waals surface area contributed by atoms with Crippen LogP contribution >= 0.6 is 0 Å². The number of hydrogen-bond donors (Lipinski definition) is 0. The van der Waals surface area contributed by atoms with Gasteiger partial charge in [-0.15, -0.1) is 0 Å². The third-order valence-electron chi connectivity index (χ3n) is 12.3. The van der Waals surface area contributed by atoms with Crippen LogP contribution in [0, 0.1) is 0 Å². The van der Waals surface area contributed by atoms with Gasteiger partial charge < -0.3 is 18.3 Å². The fourth-order valence-electron chi connectivity index (χ4n) is 9.93. The monoisotopic (exact) mass is 738 g/mol. The van der Waals surface area contributed by atoms with Crippen molar-refractivity contribution in [3.05, 3.63) is 206 Å². The predicted molar refractivity (Wildman–Crippen MR) is 244 cm³/mol. The van der Waals surface area contributed by atoms with Crippen LogP contribution in [0.2, 0.25) is 0 Å². The number of fused-ring (bicyclic) bond motifs is 12. The Kier molecular flexibility index (Phi) is 6.41. The first-order valence-electron chi connectivity index (χ1n) is 19.9. The number of benzene rings is 9. The Hall–Kier alpha value is -7.82. The SMILES string of the molecule is c1ccc(-n2c3ccccc3c3cc4c5ccccc5n(-c5cc(-n6c7ccccc7c7ccccc76)cc(-n6c7ccccc7c7ccccc76)c5)c4cc32)cc1. The summed E-state index contributed by atoms with van der Waals surface area (Å²) < 4.78 is 9.81. The summed E-state index contributed by atoms with van der Waals surface area (Å²) in [5.41, 5.74) is 13.9. The normalized spacial score (nSPS) is 12.1. The van der Waals surface area contributed by atoms with E-state index in [1.54, 1.807) is 0 Å². The van der Waals surface area contributed by atoms with E-state index in [1.807, 2.05) is 0 Å². The molecule has 4 nitrogen and oxygen atoms in total. The van der Waals surface area contributed by atoms with E-state index in [-0.39, 0.29) is 0 Å². The molecular weight excluding hydrogens is 705 g/mol. The molecule has 0 aliphatic heterocycles. The van der Waals surface area contributed by atoms with E-state index >= 15 is 0 Å². The molecule has 0 aliphatic carbocycles. The average molecular weight is 739 g/mol. The van der Waals surface area contributed by atoms with Crippen molar-refractivity contribution >= 4 is 87.2 Å². The maximum absolute atomic E-state index is 2.49. The highest BCUT2D eigenvalue weighted by atomic mass is 15.0. The summed E-state index contributed by atoms with van der Waals surface area (Å²) in [7, 11) is 0. The summed E-state index contributed by atoms with van der Waals surface area (Å²) in [6.45, 7) is 0. The zero-order valence-corrected chi connectivity index (χ0v) is 31.4. The lowest BCUT2D eigenvalue weighted by molar-refractivity contribution is 1.10. The quantitative estimate of drug-likeness (QED) is 0.171. The smallest absolute Gasteiger partial charge is 0.0562 e. The van der Waals surface area contributed by atoms with Crippen LogP contribution in [0.3, 0.4) is 0 Å². The van der Waals surface area contributed by atoms with Crippen molar-refractivity contribution in [2.45, 2.75) is 0 Å². The van der Waals surface area contributed by atoms with Gasteiger partial charge in [0.25, 0.3) is 0 Å². The van der Waals surface area contributed by atoms with Crippen molar-refractivity contribution < 1.29 is 0 Å². The van der Waals surface area contributed by atoms with Crippen molar-refractivity contribution in [1.29, 1.82) is 0 Å². The molecule has 0 atom stereocenters. The molecule has 58 heavy (non-hydrogen) atoms. The molecule has 4 heterocycles. The number of nitrogens with zero attached hydrogens (tertiary/aromatic N) is 4. The molecule has 9 aromatic carbocycles. The molecule has 0 N–H and O–H groups in total. The minimum absolute atomic E-state index is 1.10. The zero-order chi connectivity index (χ0) is 37.9. The van der Waals surface area contributed by atoms with E-state index < -0.39 is 0 Å². The first-order valence-corrected chi connectivity index (χ1v) is 19.9. The Morgan fingerprint density at radius 3 is 0.776 bits per heavy atom. The van der Waals surface area contributed by atoms with Crippen molar-refractivity contribution in [1.82, 2.24) is 18.3 Å². The minimum atomic E-state index is 1.10. The maximum Gasteiger partial charge on any atom is 0.0562 e. The minimum Gasteiger partial charge on any atom is -0.309 e. The van der Waals surface area contributed by atoms with E-state index in [2.05, 4.69) is 225 Å². The van der Waals surface area contributed by atoms with Crippen LogP contribution in [0.4, 0.5) is 0 Å². The number of rotatable bonds is 4. The van der Waals surface area contributed by atoms with Gasteiger partial charge in [-0.3, -0.25) is 0 Å². The maximum atomic E-state index is 2.49. The number of aromatic nitrogens is 4. The third kappa shape index (κ3) is 4.29. The van der Waals surface area contributed by atoms with E-state index in [9.17, 15) is 0 Å². The molecule has 0 aliphatic rings. The first-order chi connectivity index (χ1) is 28.8. The molecule has 0 fully saturated rings. The fourth-order valence-corrected chi connectivity index (χ4v) is 9.93. The van der Waals surface area contributed by atoms with Gasteiger partial charge in [-0.1, -0.05) is 127 Å². The van der Waals surface area contributed by atoms with Gasteiger partial charge in [0.1, 0.15) is 0 Å². The molecular formula is C54H34N4. The fraction of sp³-hybridized carbons (Fsp3) is 0. The topological polar surface area (TPSA) is 19.7 Å². The Balaban J connectivity index is 1.19. The summed E-state index contributed by atoms with van der Waals surface area (Å²) in [5, 5.41) is 9.95. The second kappa shape index (κ2) is 11.8. The zero-order valence-electron chi connectivity index (χ0n) is 31.4. The molecule has 0 saturated carbocycles. The molecule has 13 aromatic rings. The van der Waals surface area contributed by atoms with Crippen LogP contribution in [-0.2, 0) is 0 Å². The van der Waals surface area contributed by atoms with E-state index in [4.69, 9.17) is 0 Å². The van der Waals surface area contributed by atoms with Crippen LogP contribution in [0.15, 0.2) is 206 Å². The highest BCUT2D eigenvalue weighted by Crippen LogP contribution is 2.42. The molecule has 0 saturated heterocycles. The van der Waals surface area contributed by atoms with Gasteiger partial charge in [-0.2, -0.15) is 0 Å². The van der Waals surface area contributed by atoms with Gasteiger partial charge in [0.05, 0.1) is 61.2 Å². The van der Waals surface area contributed by atoms with Crippen LogP contribution in [0.25, 0.3) is 110 Å². The van der Waals surface area contributed by atoms with Crippen LogP contribution in [0.5, 0.6) is 0 Å². The third-order valence-corrected chi connectivity index (χ3v) is 12.3. The predicted octanol–water partition coefficient (Wildman–Crippen LogP) is 14.1. The van der Waals surface area contributed by atoms with Gasteiger partial charge in [-0.05, 0) is 78.9 Å². The highest BCUT2D eigenvalue weighted by molar-refractivity contribution is 6.19. The lowest BCUT2D eigenvalue weighted by Gasteiger charge is -2.17. The van der Waals surface area contributed by atoms with Gasteiger partial charge in [0, 0.05) is 48.8 Å². The van der Waals surface area contributed by atoms with Crippen molar-refractivity contribution in [2.75, 3.05) is 0 Å². The molecule has 4 aromatic heterocycles. The van der Waals surface area contributed by atoms with Gasteiger partial charge in [-0.25, -0.2) is 0 Å². The van der Waals surface area contributed by atoms with Gasteiger partial charge >= 0.3 is 0 Å². The molecule has 270 valence electrons. The lowest BCUT2D eigenvalue weighted by atomic mass is 10.1. The second-order valence-corrected chi connectivity index (χ2v) is 15.4. The van der Waals surface area contributed by atoms with Gasteiger partial charge in [0.15, 0.2) is 0 Å². The summed E-state index contributed by atoms with van der Waals surface area (Å²) in [5.74, 6) is 0. The molecule has 0 radical (unpaired) electrons. The van der Waals surface area contributed by atoms with Crippen LogP contribution in [0.1, 0.15) is 0 Å². The largest absolute Gasteiger partial charge is 0.309 e. The van der Waals surface area contributed by atoms with E-state index in [1.165, 1.54) is 87.2 Å². The first kappa shape index (κ1) is 31.4. The number of hydrogen-bond acceptors (Lipinski definition) is 0. The van der Waals surface area contributed by atoms with Crippen LogP contribution in [-0.4, -0.2) is 18.3 Å². The van der Waals surface area contributed by atoms with Crippen molar-refractivity contribution in [3.8, 4) is 22.7 Å². The molecule has 0 bridgehead atoms. The molecule has 0 amide bonds. The van der Waals surface area contributed by atoms with Crippen molar-refractivity contribution in [2.24, 2.45) is 0 Å². The number of para-hydroxylation sites is 7. The van der Waals surface area contributed by atoms with E-state index in [0.29, 0.717) is 0 Å². The summed E-state index contributed by atoms with van der Waals surface area (Å²) in [4.78, 5) is 0. The second-order valence-electron chi connectivity index (χ2n) is 15.4. The standard InChI is InChI=1S/C54H34N4/c1-2-16-35(17-3-1)55-51-28-14-8-22-43(51)45-33-46-44-23-9-15-29-52(44)58(54(46)34-53(45)55)38-31-36(56-47-24-10-4-18-39(47)40-19-5-11-25-48(40)56)30-37(32-38)57-49-26-12-6-20-41(49)42-21-7-13-27-50(42)57/h1-34H. The lowest BCUT2D eigenvalue weighted by Crippen LogP contribution is -2.03. The molecule has 13 rings (SSSR count). The highest BCUT2D eigenvalue weighted by Gasteiger charge is 2.21. The molecule has 4 heteroatoms. The summed E-state index contributed by atoms with van der Waals surface area (Å²) in [6.07, 6.45) is 0. The van der Waals surface area contributed by atoms with E-state index in [0.717, 1.165) is 22.7 Å².